The van der Waals surface area contributed by atoms with Crippen LogP contribution >= 0.6 is 0 Å². The van der Waals surface area contributed by atoms with Gasteiger partial charge in [-0.05, 0) is 53.4 Å². The van der Waals surface area contributed by atoms with Gasteiger partial charge in [-0.15, -0.1) is 0 Å². The van der Waals surface area contributed by atoms with E-state index in [0.29, 0.717) is 23.3 Å². The third-order valence-electron chi connectivity index (χ3n) is 5.56. The first-order valence-electron chi connectivity index (χ1n) is 10.7. The Morgan fingerprint density at radius 3 is 2.14 bits per heavy atom. The van der Waals surface area contributed by atoms with Gasteiger partial charge in [-0.3, -0.25) is 9.78 Å². The van der Waals surface area contributed by atoms with E-state index in [1.807, 2.05) is 13.0 Å². The van der Waals surface area contributed by atoms with Crippen molar-refractivity contribution in [3.8, 4) is 22.7 Å². The number of aromatic nitrogens is 3. The number of carbonyl (C=O) groups excluding carboxylic acids is 1. The molecule has 0 aliphatic carbocycles. The van der Waals surface area contributed by atoms with Crippen LogP contribution in [0.25, 0.3) is 22.7 Å². The van der Waals surface area contributed by atoms with Crippen LogP contribution < -0.4 is 0 Å². The zero-order valence-electron chi connectivity index (χ0n) is 19.4. The minimum Gasteiger partial charge on any atom is -0.337 e. The van der Waals surface area contributed by atoms with E-state index in [-0.39, 0.29) is 28.8 Å². The maximum atomic E-state index is 13.4. The number of hydrogen-bond donors (Lipinski definition) is 0. The molecule has 4 aromatic rings. The highest BCUT2D eigenvalue weighted by molar-refractivity contribution is 6.01. The van der Waals surface area contributed by atoms with Crippen molar-refractivity contribution in [3.63, 3.8) is 0 Å². The Hall–Kier alpha value is -4.22. The van der Waals surface area contributed by atoms with E-state index in [4.69, 9.17) is 4.52 Å². The zero-order chi connectivity index (χ0) is 27.0. The molecule has 2 heterocycles. The number of rotatable bonds is 5. The standard InChI is InChI=1S/C25H18F6N4O2/c1-14-5-3-4-6-18(14)19-10-21(22-33-13-34-37-22)32-11-20(19)23(36)35(2)12-15-7-16(24(26,27)28)9-17(8-15)25(29,30)31/h3-11,13H,12H2,1-2H3. The topological polar surface area (TPSA) is 72.1 Å². The van der Waals surface area contributed by atoms with Crippen molar-refractivity contribution in [2.24, 2.45) is 0 Å². The molecule has 0 bridgehead atoms. The molecular weight excluding hydrogens is 502 g/mol. The predicted octanol–water partition coefficient (Wildman–Crippen LogP) is 6.42. The summed E-state index contributed by atoms with van der Waals surface area (Å²) in [7, 11) is 1.28. The van der Waals surface area contributed by atoms with Gasteiger partial charge in [0.2, 0.25) is 0 Å². The van der Waals surface area contributed by atoms with Crippen LogP contribution in [0, 0.1) is 6.92 Å². The van der Waals surface area contributed by atoms with E-state index in [1.54, 1.807) is 24.3 Å². The maximum absolute atomic E-state index is 13.4. The monoisotopic (exact) mass is 520 g/mol. The molecule has 37 heavy (non-hydrogen) atoms. The number of nitrogens with zero attached hydrogens (tertiary/aromatic N) is 4. The summed E-state index contributed by atoms with van der Waals surface area (Å²) in [6, 6.07) is 9.94. The number of aryl methyl sites for hydroxylation is 1. The second-order valence-electron chi connectivity index (χ2n) is 8.25. The quantitative estimate of drug-likeness (QED) is 0.284. The smallest absolute Gasteiger partial charge is 0.337 e. The molecule has 2 aromatic carbocycles. The first-order valence-corrected chi connectivity index (χ1v) is 10.7. The lowest BCUT2D eigenvalue weighted by Gasteiger charge is -2.21. The first-order chi connectivity index (χ1) is 17.3. The minimum absolute atomic E-state index is 0.0434. The van der Waals surface area contributed by atoms with Gasteiger partial charge in [0.1, 0.15) is 5.69 Å². The molecule has 6 nitrogen and oxygen atoms in total. The van der Waals surface area contributed by atoms with Gasteiger partial charge >= 0.3 is 12.4 Å². The largest absolute Gasteiger partial charge is 0.416 e. The first kappa shape index (κ1) is 25.9. The fourth-order valence-electron chi connectivity index (χ4n) is 3.79. The van der Waals surface area contributed by atoms with Crippen LogP contribution in [0.3, 0.4) is 0 Å². The predicted molar refractivity (Wildman–Crippen MR) is 120 cm³/mol. The van der Waals surface area contributed by atoms with E-state index in [2.05, 4.69) is 15.1 Å². The van der Waals surface area contributed by atoms with Crippen molar-refractivity contribution in [2.45, 2.75) is 25.8 Å². The van der Waals surface area contributed by atoms with Gasteiger partial charge in [0.25, 0.3) is 11.8 Å². The molecular formula is C25H18F6N4O2. The maximum Gasteiger partial charge on any atom is 0.416 e. The van der Waals surface area contributed by atoms with E-state index in [1.165, 1.54) is 19.6 Å². The molecule has 0 unspecified atom stereocenters. The van der Waals surface area contributed by atoms with Crippen LogP contribution in [0.15, 0.2) is 65.6 Å². The molecule has 0 saturated carbocycles. The zero-order valence-corrected chi connectivity index (χ0v) is 19.4. The van der Waals surface area contributed by atoms with Gasteiger partial charge in [0.05, 0.1) is 16.7 Å². The third-order valence-corrected chi connectivity index (χ3v) is 5.56. The SMILES string of the molecule is Cc1ccccc1-c1cc(-c2ncno2)ncc1C(=O)N(C)Cc1cc(C(F)(F)F)cc(C(F)(F)F)c1. The molecule has 0 atom stereocenters. The van der Waals surface area contributed by atoms with Crippen molar-refractivity contribution in [2.75, 3.05) is 7.05 Å². The highest BCUT2D eigenvalue weighted by Crippen LogP contribution is 2.37. The van der Waals surface area contributed by atoms with Gasteiger partial charge in [-0.2, -0.15) is 31.3 Å². The van der Waals surface area contributed by atoms with Crippen molar-refractivity contribution < 1.29 is 35.7 Å². The average Bonchev–Trinajstić information content (AvgIpc) is 3.37. The summed E-state index contributed by atoms with van der Waals surface area (Å²) in [6.07, 6.45) is -7.55. The Morgan fingerprint density at radius 1 is 0.919 bits per heavy atom. The average molecular weight is 520 g/mol. The Labute approximate surface area is 206 Å². The highest BCUT2D eigenvalue weighted by Gasteiger charge is 2.37. The van der Waals surface area contributed by atoms with Crippen LogP contribution in [0.1, 0.15) is 32.6 Å². The van der Waals surface area contributed by atoms with Crippen LogP contribution in [-0.2, 0) is 18.9 Å². The Balaban J connectivity index is 1.74. The lowest BCUT2D eigenvalue weighted by atomic mass is 9.96. The fourth-order valence-corrected chi connectivity index (χ4v) is 3.79. The van der Waals surface area contributed by atoms with Crippen LogP contribution in [-0.4, -0.2) is 33.0 Å². The van der Waals surface area contributed by atoms with Gasteiger partial charge < -0.3 is 9.42 Å². The summed E-state index contributed by atoms with van der Waals surface area (Å²) in [5.74, 6) is -0.556. The van der Waals surface area contributed by atoms with E-state index >= 15 is 0 Å². The molecule has 1 amide bonds. The third kappa shape index (κ3) is 5.63. The number of benzene rings is 2. The van der Waals surface area contributed by atoms with Crippen LogP contribution in [0.4, 0.5) is 26.3 Å². The Morgan fingerprint density at radius 2 is 1.57 bits per heavy atom. The molecule has 0 aliphatic heterocycles. The van der Waals surface area contributed by atoms with Crippen LogP contribution in [0.2, 0.25) is 0 Å². The summed E-state index contributed by atoms with van der Waals surface area (Å²) in [6.45, 7) is 1.31. The lowest BCUT2D eigenvalue weighted by Crippen LogP contribution is -2.27. The molecule has 2 aromatic heterocycles. The molecule has 0 saturated heterocycles. The molecule has 4 rings (SSSR count). The highest BCUT2D eigenvalue weighted by atomic mass is 19.4. The van der Waals surface area contributed by atoms with E-state index < -0.39 is 35.9 Å². The summed E-state index contributed by atoms with van der Waals surface area (Å²) < 4.78 is 84.6. The number of hydrogen-bond acceptors (Lipinski definition) is 5. The number of carbonyl (C=O) groups is 1. The summed E-state index contributed by atoms with van der Waals surface area (Å²) >= 11 is 0. The second kappa shape index (κ2) is 9.68. The summed E-state index contributed by atoms with van der Waals surface area (Å²) in [4.78, 5) is 22.6. The van der Waals surface area contributed by atoms with Crippen molar-refractivity contribution in [3.05, 3.63) is 88.9 Å². The molecule has 0 fully saturated rings. The fraction of sp³-hybridized carbons (Fsp3) is 0.200. The molecule has 12 heteroatoms. The summed E-state index contributed by atoms with van der Waals surface area (Å²) in [5, 5.41) is 3.54. The van der Waals surface area contributed by atoms with Gasteiger partial charge in [0, 0.05) is 19.8 Å². The Bertz CT molecular complexity index is 1400. The van der Waals surface area contributed by atoms with Gasteiger partial charge in [0.15, 0.2) is 6.33 Å². The van der Waals surface area contributed by atoms with Crippen molar-refractivity contribution >= 4 is 5.91 Å². The lowest BCUT2D eigenvalue weighted by molar-refractivity contribution is -0.143. The molecule has 0 radical (unpaired) electrons. The van der Waals surface area contributed by atoms with Gasteiger partial charge in [-0.25, -0.2) is 0 Å². The van der Waals surface area contributed by atoms with Crippen molar-refractivity contribution in [1.29, 1.82) is 0 Å². The normalized spacial score (nSPS) is 12.0. The summed E-state index contributed by atoms with van der Waals surface area (Å²) in [5.41, 5.74) is -0.959. The van der Waals surface area contributed by atoms with Crippen LogP contribution in [0.5, 0.6) is 0 Å². The van der Waals surface area contributed by atoms with Gasteiger partial charge in [-0.1, -0.05) is 29.4 Å². The molecule has 0 spiro atoms. The number of pyridine rings is 1. The second-order valence-corrected chi connectivity index (χ2v) is 8.25. The number of halogens is 6. The minimum atomic E-state index is -4.99. The molecule has 192 valence electrons. The molecule has 0 aliphatic rings. The van der Waals surface area contributed by atoms with E-state index in [0.717, 1.165) is 10.5 Å². The molecule has 0 N–H and O–H groups in total. The Kier molecular flexibility index (Phi) is 6.76. The number of amides is 1. The number of alkyl halides is 6. The van der Waals surface area contributed by atoms with E-state index in [9.17, 15) is 31.1 Å². The van der Waals surface area contributed by atoms with Crippen molar-refractivity contribution in [1.82, 2.24) is 20.0 Å².